The minimum Gasteiger partial charge on any atom is -0.491 e. The Morgan fingerprint density at radius 1 is 1.06 bits per heavy atom. The van der Waals surface area contributed by atoms with Crippen molar-refractivity contribution in [2.45, 2.75) is 44.7 Å². The molecule has 2 N–H and O–H groups in total. The lowest BCUT2D eigenvalue weighted by molar-refractivity contribution is -0.134. The Morgan fingerprint density at radius 3 is 2.44 bits per heavy atom. The maximum atomic E-state index is 13.7. The van der Waals surface area contributed by atoms with Crippen molar-refractivity contribution in [3.63, 3.8) is 0 Å². The third-order valence-electron chi connectivity index (χ3n) is 7.24. The highest BCUT2D eigenvalue weighted by Gasteiger charge is 2.55. The number of ether oxygens (including phenoxy) is 1. The van der Waals surface area contributed by atoms with Gasteiger partial charge in [-0.25, -0.2) is 4.79 Å². The van der Waals surface area contributed by atoms with Crippen LogP contribution in [-0.4, -0.2) is 65.2 Å². The Labute approximate surface area is 213 Å². The fourth-order valence-electron chi connectivity index (χ4n) is 5.28. The van der Waals surface area contributed by atoms with Crippen molar-refractivity contribution in [1.82, 2.24) is 15.1 Å². The zero-order chi connectivity index (χ0) is 25.4. The fourth-order valence-corrected chi connectivity index (χ4v) is 5.28. The van der Waals surface area contributed by atoms with E-state index in [0.29, 0.717) is 6.42 Å². The molecule has 7 heteroatoms. The summed E-state index contributed by atoms with van der Waals surface area (Å²) < 4.78 is 5.45. The Morgan fingerprint density at radius 2 is 1.78 bits per heavy atom. The first-order valence-corrected chi connectivity index (χ1v) is 12.7. The van der Waals surface area contributed by atoms with E-state index in [2.05, 4.69) is 34.2 Å². The molecule has 2 aliphatic heterocycles. The fraction of sp³-hybridized carbons (Fsp3) is 0.448. The van der Waals surface area contributed by atoms with Crippen molar-refractivity contribution in [1.29, 1.82) is 0 Å². The molecule has 2 aliphatic rings. The summed E-state index contributed by atoms with van der Waals surface area (Å²) >= 11 is 0. The van der Waals surface area contributed by atoms with Crippen molar-refractivity contribution >= 4 is 11.9 Å². The number of aryl methyl sites for hydroxylation is 1. The Hall–Kier alpha value is -3.34. The van der Waals surface area contributed by atoms with E-state index in [9.17, 15) is 9.59 Å². The quantitative estimate of drug-likeness (QED) is 0.396. The standard InChI is InChI=1S/C29H35N3O4/c1-2-3-17-32-27(34)29(30-28(32)35,16-13-23-7-5-4-6-8-23)25-14-18-31(19-15-25)22-24-9-11-26(12-10-24)36-21-20-33/h4-12,25,33H,13-22H2,1H3,(H,30,35). The number of likely N-dealkylation sites (tertiary alicyclic amines) is 1. The third-order valence-corrected chi connectivity index (χ3v) is 7.24. The van der Waals surface area contributed by atoms with Crippen LogP contribution in [0.2, 0.25) is 0 Å². The van der Waals surface area contributed by atoms with E-state index >= 15 is 0 Å². The molecule has 7 nitrogen and oxygen atoms in total. The van der Waals surface area contributed by atoms with E-state index in [1.807, 2.05) is 42.5 Å². The number of imide groups is 1. The lowest BCUT2D eigenvalue weighted by Crippen LogP contribution is -2.56. The van der Waals surface area contributed by atoms with Crippen molar-refractivity contribution in [2.24, 2.45) is 5.92 Å². The molecule has 0 aromatic heterocycles. The summed E-state index contributed by atoms with van der Waals surface area (Å²) in [5.74, 6) is 6.36. The molecular weight excluding hydrogens is 454 g/mol. The molecule has 0 bridgehead atoms. The monoisotopic (exact) mass is 489 g/mol. The number of aliphatic hydroxyl groups excluding tert-OH is 1. The van der Waals surface area contributed by atoms with Crippen molar-refractivity contribution in [3.05, 3.63) is 65.7 Å². The number of nitrogens with one attached hydrogen (secondary N) is 1. The van der Waals surface area contributed by atoms with Gasteiger partial charge in [-0.1, -0.05) is 48.4 Å². The lowest BCUT2D eigenvalue weighted by atomic mass is 9.74. The van der Waals surface area contributed by atoms with Crippen LogP contribution in [0.1, 0.15) is 37.3 Å². The largest absolute Gasteiger partial charge is 0.491 e. The minimum absolute atomic E-state index is 0.00371. The van der Waals surface area contributed by atoms with Gasteiger partial charge in [0.25, 0.3) is 5.91 Å². The van der Waals surface area contributed by atoms with Gasteiger partial charge < -0.3 is 15.2 Å². The van der Waals surface area contributed by atoms with Crippen molar-refractivity contribution in [2.75, 3.05) is 32.8 Å². The van der Waals surface area contributed by atoms with Gasteiger partial charge in [-0.2, -0.15) is 0 Å². The molecule has 1 unspecified atom stereocenters. The summed E-state index contributed by atoms with van der Waals surface area (Å²) in [6.07, 6.45) is 2.99. The Bertz CT molecular complexity index is 1080. The molecule has 2 heterocycles. The van der Waals surface area contributed by atoms with Crippen LogP contribution in [-0.2, 0) is 17.8 Å². The zero-order valence-electron chi connectivity index (χ0n) is 20.9. The molecule has 36 heavy (non-hydrogen) atoms. The SMILES string of the molecule is CC#CCN1C(=O)NC(CCc2ccccc2)(C2CCN(Cc3ccc(OCCO)cc3)CC2)C1=O. The average Bonchev–Trinajstić information content (AvgIpc) is 3.16. The highest BCUT2D eigenvalue weighted by atomic mass is 16.5. The van der Waals surface area contributed by atoms with Gasteiger partial charge in [0.2, 0.25) is 0 Å². The molecule has 2 aromatic rings. The maximum Gasteiger partial charge on any atom is 0.325 e. The molecule has 0 spiro atoms. The van der Waals surface area contributed by atoms with Gasteiger partial charge in [0.1, 0.15) is 17.9 Å². The molecule has 0 saturated carbocycles. The smallest absolute Gasteiger partial charge is 0.325 e. The summed E-state index contributed by atoms with van der Waals surface area (Å²) in [4.78, 5) is 30.2. The van der Waals surface area contributed by atoms with E-state index in [0.717, 1.165) is 50.2 Å². The normalized spacial score (nSPS) is 20.7. The number of amides is 3. The first kappa shape index (κ1) is 25.7. The summed E-state index contributed by atoms with van der Waals surface area (Å²) in [5, 5.41) is 12.0. The molecule has 0 radical (unpaired) electrons. The second kappa shape index (κ2) is 12.1. The second-order valence-corrected chi connectivity index (χ2v) is 9.47. The molecule has 2 saturated heterocycles. The first-order valence-electron chi connectivity index (χ1n) is 12.7. The molecule has 0 aliphatic carbocycles. The van der Waals surface area contributed by atoms with E-state index in [1.54, 1.807) is 6.92 Å². The Kier molecular flexibility index (Phi) is 8.63. The molecule has 190 valence electrons. The Balaban J connectivity index is 1.43. The molecule has 4 rings (SSSR count). The van der Waals surface area contributed by atoms with Crippen LogP contribution in [0, 0.1) is 17.8 Å². The number of aliphatic hydroxyl groups is 1. The summed E-state index contributed by atoms with van der Waals surface area (Å²) in [5.41, 5.74) is 1.47. The number of carbonyl (C=O) groups excluding carboxylic acids is 2. The summed E-state index contributed by atoms with van der Waals surface area (Å²) in [6.45, 7) is 4.67. The minimum atomic E-state index is -0.889. The number of benzene rings is 2. The number of piperidine rings is 1. The number of rotatable bonds is 10. The third kappa shape index (κ3) is 5.89. The van der Waals surface area contributed by atoms with Crippen LogP contribution >= 0.6 is 0 Å². The van der Waals surface area contributed by atoms with Gasteiger partial charge in [0.15, 0.2) is 0 Å². The van der Waals surface area contributed by atoms with Crippen LogP contribution in [0.3, 0.4) is 0 Å². The van der Waals surface area contributed by atoms with Gasteiger partial charge >= 0.3 is 6.03 Å². The van der Waals surface area contributed by atoms with Crippen LogP contribution in [0.5, 0.6) is 5.75 Å². The molecule has 1 atom stereocenters. The van der Waals surface area contributed by atoms with Crippen molar-refractivity contribution < 1.29 is 19.4 Å². The van der Waals surface area contributed by atoms with Crippen LogP contribution in [0.15, 0.2) is 54.6 Å². The molecule has 3 amide bonds. The van der Waals surface area contributed by atoms with E-state index in [-0.39, 0.29) is 37.6 Å². The van der Waals surface area contributed by atoms with Gasteiger partial charge in [-0.3, -0.25) is 14.6 Å². The highest BCUT2D eigenvalue weighted by Crippen LogP contribution is 2.37. The molecule has 2 fully saturated rings. The van der Waals surface area contributed by atoms with Crippen LogP contribution in [0.25, 0.3) is 0 Å². The number of hydrogen-bond acceptors (Lipinski definition) is 5. The number of nitrogens with zero attached hydrogens (tertiary/aromatic N) is 2. The number of urea groups is 1. The zero-order valence-corrected chi connectivity index (χ0v) is 20.9. The van der Waals surface area contributed by atoms with E-state index in [4.69, 9.17) is 9.84 Å². The highest BCUT2D eigenvalue weighted by molar-refractivity contribution is 6.07. The van der Waals surface area contributed by atoms with Gasteiger partial charge in [0, 0.05) is 6.54 Å². The van der Waals surface area contributed by atoms with Gasteiger partial charge in [-0.15, -0.1) is 5.92 Å². The topological polar surface area (TPSA) is 82.1 Å². The number of carbonyl (C=O) groups is 2. The van der Waals surface area contributed by atoms with Crippen LogP contribution in [0.4, 0.5) is 4.79 Å². The average molecular weight is 490 g/mol. The van der Waals surface area contributed by atoms with Crippen LogP contribution < -0.4 is 10.1 Å². The summed E-state index contributed by atoms with van der Waals surface area (Å²) in [7, 11) is 0. The molecular formula is C29H35N3O4. The predicted octanol–water partition coefficient (Wildman–Crippen LogP) is 3.22. The molecule has 2 aromatic carbocycles. The number of hydrogen-bond donors (Lipinski definition) is 2. The van der Waals surface area contributed by atoms with E-state index < -0.39 is 5.54 Å². The first-order chi connectivity index (χ1) is 17.6. The lowest BCUT2D eigenvalue weighted by Gasteiger charge is -2.41. The predicted molar refractivity (Wildman–Crippen MR) is 138 cm³/mol. The van der Waals surface area contributed by atoms with Crippen molar-refractivity contribution in [3.8, 4) is 17.6 Å². The van der Waals surface area contributed by atoms with E-state index in [1.165, 1.54) is 10.5 Å². The van der Waals surface area contributed by atoms with Gasteiger partial charge in [-0.05, 0) is 74.9 Å². The maximum absolute atomic E-state index is 13.7. The summed E-state index contributed by atoms with van der Waals surface area (Å²) in [6, 6.07) is 17.7. The van der Waals surface area contributed by atoms with Gasteiger partial charge in [0.05, 0.1) is 13.2 Å². The second-order valence-electron chi connectivity index (χ2n) is 9.47.